The maximum atomic E-state index is 9.03. The number of benzene rings is 2. The van der Waals surface area contributed by atoms with Crippen molar-refractivity contribution < 1.29 is 5.21 Å². The molecule has 0 heterocycles. The molecule has 2 N–H and O–H groups in total. The molecule has 0 saturated carbocycles. The summed E-state index contributed by atoms with van der Waals surface area (Å²) in [6.45, 7) is 5.04. The summed E-state index contributed by atoms with van der Waals surface area (Å²) < 4.78 is 0. The van der Waals surface area contributed by atoms with Crippen molar-refractivity contribution in [3.8, 4) is 0 Å². The highest BCUT2D eigenvalue weighted by atomic mass is 16.5. The van der Waals surface area contributed by atoms with Gasteiger partial charge in [0.25, 0.3) is 0 Å². The van der Waals surface area contributed by atoms with Crippen LogP contribution in [0.25, 0.3) is 10.8 Å². The van der Waals surface area contributed by atoms with E-state index in [0.29, 0.717) is 18.4 Å². The van der Waals surface area contributed by atoms with E-state index in [-0.39, 0.29) is 0 Å². The minimum Gasteiger partial charge on any atom is -0.317 e. The van der Waals surface area contributed by atoms with Crippen LogP contribution in [0.3, 0.4) is 0 Å². The van der Waals surface area contributed by atoms with E-state index in [1.54, 1.807) is 0 Å². The molecule has 0 aromatic heterocycles. The lowest BCUT2D eigenvalue weighted by molar-refractivity contribution is 0.156. The van der Waals surface area contributed by atoms with Gasteiger partial charge in [-0.25, -0.2) is 5.48 Å². The summed E-state index contributed by atoms with van der Waals surface area (Å²) in [6.07, 6.45) is 1.07. The van der Waals surface area contributed by atoms with Gasteiger partial charge in [0, 0.05) is 6.54 Å². The van der Waals surface area contributed by atoms with Crippen LogP contribution >= 0.6 is 0 Å². The summed E-state index contributed by atoms with van der Waals surface area (Å²) in [6, 6.07) is 14.8. The van der Waals surface area contributed by atoms with Crippen molar-refractivity contribution in [3.05, 3.63) is 48.0 Å². The number of hydroxylamine groups is 1. The number of hydrogen-bond acceptors (Lipinski definition) is 2. The van der Waals surface area contributed by atoms with E-state index in [4.69, 9.17) is 5.21 Å². The first-order chi connectivity index (χ1) is 8.72. The summed E-state index contributed by atoms with van der Waals surface area (Å²) in [4.78, 5) is 0. The van der Waals surface area contributed by atoms with Gasteiger partial charge in [-0.15, -0.1) is 0 Å². The van der Waals surface area contributed by atoms with E-state index in [9.17, 15) is 0 Å². The van der Waals surface area contributed by atoms with Gasteiger partial charge in [0.15, 0.2) is 0 Å². The highest BCUT2D eigenvalue weighted by Gasteiger charge is 2.15. The zero-order valence-electron chi connectivity index (χ0n) is 11.1. The Balaban J connectivity index is 2.43. The molecule has 0 spiro atoms. The summed E-state index contributed by atoms with van der Waals surface area (Å²) >= 11 is 0. The maximum Gasteiger partial charge on any atom is 0.0276 e. The van der Waals surface area contributed by atoms with Gasteiger partial charge in [-0.1, -0.05) is 56.3 Å². The third-order valence-corrected chi connectivity index (χ3v) is 3.36. The molecular weight excluding hydrogens is 222 g/mol. The predicted octanol–water partition coefficient (Wildman–Crippen LogP) is 3.95. The first-order valence-corrected chi connectivity index (χ1v) is 6.57. The number of fused-ring (bicyclic) bond motifs is 1. The van der Waals surface area contributed by atoms with Gasteiger partial charge >= 0.3 is 0 Å². The first-order valence-electron chi connectivity index (χ1n) is 6.57. The Labute approximate surface area is 109 Å². The van der Waals surface area contributed by atoms with Gasteiger partial charge in [0.1, 0.15) is 0 Å². The first kappa shape index (κ1) is 13.1. The van der Waals surface area contributed by atoms with Crippen LogP contribution < -0.4 is 5.48 Å². The van der Waals surface area contributed by atoms with Crippen LogP contribution in [0.15, 0.2) is 42.5 Å². The molecule has 2 rings (SSSR count). The van der Waals surface area contributed by atoms with Crippen LogP contribution in [0.4, 0.5) is 0 Å². The minimum atomic E-state index is 0.348. The molecule has 2 aromatic carbocycles. The Bertz CT molecular complexity index is 502. The van der Waals surface area contributed by atoms with Crippen LogP contribution in [0.2, 0.25) is 0 Å². The Morgan fingerprint density at radius 1 is 1.06 bits per heavy atom. The largest absolute Gasteiger partial charge is 0.317 e. The van der Waals surface area contributed by atoms with Crippen LogP contribution in [-0.4, -0.2) is 11.8 Å². The molecule has 0 aliphatic rings. The van der Waals surface area contributed by atoms with Crippen molar-refractivity contribution in [3.63, 3.8) is 0 Å². The van der Waals surface area contributed by atoms with Gasteiger partial charge in [0.05, 0.1) is 0 Å². The zero-order valence-corrected chi connectivity index (χ0v) is 11.1. The van der Waals surface area contributed by atoms with Crippen molar-refractivity contribution >= 4 is 10.8 Å². The highest BCUT2D eigenvalue weighted by Crippen LogP contribution is 2.29. The zero-order chi connectivity index (χ0) is 13.0. The molecule has 0 aliphatic carbocycles. The number of rotatable bonds is 5. The normalized spacial score (nSPS) is 13.1. The summed E-state index contributed by atoms with van der Waals surface area (Å²) in [7, 11) is 0. The second-order valence-corrected chi connectivity index (χ2v) is 5.26. The van der Waals surface area contributed by atoms with E-state index >= 15 is 0 Å². The van der Waals surface area contributed by atoms with Crippen molar-refractivity contribution in [2.75, 3.05) is 6.54 Å². The quantitative estimate of drug-likeness (QED) is 0.779. The average Bonchev–Trinajstić information content (AvgIpc) is 2.37. The molecule has 1 atom stereocenters. The van der Waals surface area contributed by atoms with Gasteiger partial charge < -0.3 is 5.21 Å². The summed E-state index contributed by atoms with van der Waals surface area (Å²) in [5, 5.41) is 11.6. The third-order valence-electron chi connectivity index (χ3n) is 3.36. The highest BCUT2D eigenvalue weighted by molar-refractivity contribution is 5.86. The fourth-order valence-electron chi connectivity index (χ4n) is 2.61. The van der Waals surface area contributed by atoms with Crippen molar-refractivity contribution in [2.24, 2.45) is 5.92 Å². The molecule has 0 amide bonds. The number of hydrogen-bond donors (Lipinski definition) is 2. The predicted molar refractivity (Wildman–Crippen MR) is 75.9 cm³/mol. The van der Waals surface area contributed by atoms with Gasteiger partial charge in [0.2, 0.25) is 0 Å². The smallest absolute Gasteiger partial charge is 0.0276 e. The van der Waals surface area contributed by atoms with E-state index < -0.39 is 0 Å². The molecule has 2 nitrogen and oxygen atoms in total. The SMILES string of the molecule is CC(C)CC(CNO)c1cccc2ccccc12. The molecule has 0 fully saturated rings. The standard InChI is InChI=1S/C16H21NO/c1-12(2)10-14(11-17-18)16-9-5-7-13-6-3-4-8-15(13)16/h3-9,12,14,17-18H,10-11H2,1-2H3. The average molecular weight is 243 g/mol. The van der Waals surface area contributed by atoms with E-state index in [1.165, 1.54) is 16.3 Å². The fourth-order valence-corrected chi connectivity index (χ4v) is 2.61. The molecule has 2 heteroatoms. The van der Waals surface area contributed by atoms with Gasteiger partial charge in [-0.05, 0) is 34.6 Å². The van der Waals surface area contributed by atoms with Crippen LogP contribution in [0.1, 0.15) is 31.7 Å². The Morgan fingerprint density at radius 2 is 1.78 bits per heavy atom. The van der Waals surface area contributed by atoms with Crippen molar-refractivity contribution in [1.29, 1.82) is 0 Å². The summed E-state index contributed by atoms with van der Waals surface area (Å²) in [5.74, 6) is 0.961. The van der Waals surface area contributed by atoms with Crippen LogP contribution in [0, 0.1) is 5.92 Å². The fraction of sp³-hybridized carbons (Fsp3) is 0.375. The molecule has 0 saturated heterocycles. The molecule has 0 bridgehead atoms. The maximum absolute atomic E-state index is 9.03. The molecule has 0 aliphatic heterocycles. The van der Waals surface area contributed by atoms with Gasteiger partial charge in [-0.3, -0.25) is 0 Å². The monoisotopic (exact) mass is 243 g/mol. The lowest BCUT2D eigenvalue weighted by Crippen LogP contribution is -2.19. The molecular formula is C16H21NO. The van der Waals surface area contributed by atoms with Gasteiger partial charge in [-0.2, -0.15) is 0 Å². The lowest BCUT2D eigenvalue weighted by atomic mass is 9.87. The second-order valence-electron chi connectivity index (χ2n) is 5.26. The molecule has 1 unspecified atom stereocenters. The van der Waals surface area contributed by atoms with Crippen LogP contribution in [0.5, 0.6) is 0 Å². The topological polar surface area (TPSA) is 32.3 Å². The molecule has 0 radical (unpaired) electrons. The number of nitrogens with one attached hydrogen (secondary N) is 1. The Morgan fingerprint density at radius 3 is 2.50 bits per heavy atom. The Hall–Kier alpha value is -1.38. The lowest BCUT2D eigenvalue weighted by Gasteiger charge is -2.20. The third kappa shape index (κ3) is 2.89. The summed E-state index contributed by atoms with van der Waals surface area (Å²) in [5.41, 5.74) is 3.66. The van der Waals surface area contributed by atoms with E-state index in [1.807, 2.05) is 0 Å². The molecule has 2 aromatic rings. The van der Waals surface area contributed by atoms with Crippen molar-refractivity contribution in [1.82, 2.24) is 5.48 Å². The van der Waals surface area contributed by atoms with E-state index in [2.05, 4.69) is 61.8 Å². The minimum absolute atomic E-state index is 0.348. The van der Waals surface area contributed by atoms with Crippen molar-refractivity contribution in [2.45, 2.75) is 26.2 Å². The Kier molecular flexibility index (Phi) is 4.34. The van der Waals surface area contributed by atoms with E-state index in [0.717, 1.165) is 6.42 Å². The second kappa shape index (κ2) is 5.98. The molecule has 96 valence electrons. The van der Waals surface area contributed by atoms with Crippen LogP contribution in [-0.2, 0) is 0 Å². The molecule has 18 heavy (non-hydrogen) atoms.